The van der Waals surface area contributed by atoms with Crippen LogP contribution >= 0.6 is 0 Å². The largest absolute Gasteiger partial charge is 0.465 e. The molecule has 0 saturated heterocycles. The molecule has 0 saturated carbocycles. The molecule has 0 aromatic heterocycles. The number of hydrogen-bond acceptors (Lipinski definition) is 2. The molecule has 2 nitrogen and oxygen atoms in total. The van der Waals surface area contributed by atoms with Crippen LogP contribution in [0.5, 0.6) is 0 Å². The second-order valence-electron chi connectivity index (χ2n) is 4.82. The summed E-state index contributed by atoms with van der Waals surface area (Å²) >= 11 is 0. The summed E-state index contributed by atoms with van der Waals surface area (Å²) in [6.07, 6.45) is 17.9. The van der Waals surface area contributed by atoms with Gasteiger partial charge >= 0.3 is 5.97 Å². The van der Waals surface area contributed by atoms with E-state index in [-0.39, 0.29) is 5.97 Å². The highest BCUT2D eigenvalue weighted by Gasteiger charge is 1.94. The predicted octanol–water partition coefficient (Wildman–Crippen LogP) is 5.19. The normalized spacial score (nSPS) is 10.8. The number of allylic oxidation sites excluding steroid dienone is 2. The zero-order valence-electron chi connectivity index (χ0n) is 12.5. The second kappa shape index (κ2) is 15.0. The van der Waals surface area contributed by atoms with Crippen molar-refractivity contribution < 1.29 is 9.53 Å². The third-order valence-corrected chi connectivity index (χ3v) is 3.03. The first-order chi connectivity index (χ1) is 9.31. The average molecular weight is 266 g/mol. The van der Waals surface area contributed by atoms with E-state index in [1.807, 2.05) is 13.0 Å². The van der Waals surface area contributed by atoms with Crippen LogP contribution in [-0.4, -0.2) is 12.6 Å². The second-order valence-corrected chi connectivity index (χ2v) is 4.82. The first kappa shape index (κ1) is 17.9. The lowest BCUT2D eigenvalue weighted by atomic mass is 10.1. The predicted molar refractivity (Wildman–Crippen MR) is 82.1 cm³/mol. The van der Waals surface area contributed by atoms with Gasteiger partial charge in [0, 0.05) is 6.42 Å². The zero-order chi connectivity index (χ0) is 14.2. The number of hydrogen-bond donors (Lipinski definition) is 0. The lowest BCUT2D eigenvalue weighted by Gasteiger charge is -2.00. The molecule has 0 radical (unpaired) electrons. The van der Waals surface area contributed by atoms with Crippen molar-refractivity contribution in [3.05, 3.63) is 24.8 Å². The molecule has 0 amide bonds. The minimum atomic E-state index is -0.107. The van der Waals surface area contributed by atoms with Crippen molar-refractivity contribution in [2.45, 2.75) is 71.1 Å². The van der Waals surface area contributed by atoms with E-state index in [1.165, 1.54) is 38.5 Å². The molecule has 0 aliphatic heterocycles. The minimum Gasteiger partial charge on any atom is -0.465 e. The molecular weight excluding hydrogens is 236 g/mol. The van der Waals surface area contributed by atoms with Gasteiger partial charge in [0.2, 0.25) is 0 Å². The van der Waals surface area contributed by atoms with Gasteiger partial charge in [0.25, 0.3) is 0 Å². The van der Waals surface area contributed by atoms with Crippen LogP contribution in [0.1, 0.15) is 71.1 Å². The van der Waals surface area contributed by atoms with Crippen LogP contribution in [-0.2, 0) is 9.53 Å². The van der Waals surface area contributed by atoms with E-state index in [4.69, 9.17) is 4.74 Å². The third-order valence-electron chi connectivity index (χ3n) is 3.03. The van der Waals surface area contributed by atoms with Crippen LogP contribution in [0.2, 0.25) is 0 Å². The third kappa shape index (κ3) is 14.9. The van der Waals surface area contributed by atoms with Crippen LogP contribution in [0.25, 0.3) is 0 Å². The van der Waals surface area contributed by atoms with Gasteiger partial charge in [0.05, 0.1) is 6.61 Å². The van der Waals surface area contributed by atoms with Crippen LogP contribution in [0, 0.1) is 0 Å². The zero-order valence-corrected chi connectivity index (χ0v) is 12.5. The minimum absolute atomic E-state index is 0.107. The lowest BCUT2D eigenvalue weighted by Crippen LogP contribution is -2.02. The number of carbonyl (C=O) groups excluding carboxylic acids is 1. The first-order valence-corrected chi connectivity index (χ1v) is 7.72. The van der Waals surface area contributed by atoms with Crippen molar-refractivity contribution in [1.82, 2.24) is 0 Å². The molecule has 2 heteroatoms. The van der Waals surface area contributed by atoms with E-state index >= 15 is 0 Å². The maximum Gasteiger partial charge on any atom is 0.305 e. The van der Waals surface area contributed by atoms with Crippen LogP contribution in [0.15, 0.2) is 24.8 Å². The molecule has 0 heterocycles. The van der Waals surface area contributed by atoms with Crippen molar-refractivity contribution in [3.8, 4) is 0 Å². The molecule has 0 aromatic rings. The van der Waals surface area contributed by atoms with Crippen LogP contribution in [0.3, 0.4) is 0 Å². The number of unbranched alkanes of at least 4 members (excludes halogenated alkanes) is 7. The van der Waals surface area contributed by atoms with Gasteiger partial charge in [0.1, 0.15) is 0 Å². The topological polar surface area (TPSA) is 26.3 Å². The Labute approximate surface area is 118 Å². The molecule has 0 N–H and O–H groups in total. The van der Waals surface area contributed by atoms with E-state index < -0.39 is 0 Å². The van der Waals surface area contributed by atoms with E-state index in [2.05, 4.69) is 18.7 Å². The number of carbonyl (C=O) groups is 1. The molecule has 0 bridgehead atoms. The van der Waals surface area contributed by atoms with Gasteiger partial charge < -0.3 is 4.74 Å². The summed E-state index contributed by atoms with van der Waals surface area (Å²) in [6, 6.07) is 0. The van der Waals surface area contributed by atoms with Gasteiger partial charge in [-0.3, -0.25) is 4.79 Å². The van der Waals surface area contributed by atoms with Gasteiger partial charge in [-0.05, 0) is 32.1 Å². The van der Waals surface area contributed by atoms with E-state index in [1.54, 1.807) is 0 Å². The molecule has 0 rings (SSSR count). The van der Waals surface area contributed by atoms with Crippen LogP contribution in [0.4, 0.5) is 0 Å². The molecule has 0 aromatic carbocycles. The summed E-state index contributed by atoms with van der Waals surface area (Å²) in [6.45, 7) is 6.06. The van der Waals surface area contributed by atoms with Gasteiger partial charge in [-0.15, -0.1) is 6.58 Å². The maximum atomic E-state index is 10.9. The summed E-state index contributed by atoms with van der Waals surface area (Å²) < 4.78 is 4.99. The maximum absolute atomic E-state index is 10.9. The highest BCUT2D eigenvalue weighted by atomic mass is 16.5. The molecule has 0 aliphatic carbocycles. The van der Waals surface area contributed by atoms with Crippen molar-refractivity contribution in [3.63, 3.8) is 0 Å². The molecule has 19 heavy (non-hydrogen) atoms. The van der Waals surface area contributed by atoms with Crippen molar-refractivity contribution >= 4 is 5.97 Å². The Balaban J connectivity index is 3.12. The molecule has 0 unspecified atom stereocenters. The van der Waals surface area contributed by atoms with E-state index in [9.17, 15) is 4.79 Å². The Morgan fingerprint density at radius 3 is 2.16 bits per heavy atom. The highest BCUT2D eigenvalue weighted by molar-refractivity contribution is 5.68. The molecule has 0 atom stereocenters. The smallest absolute Gasteiger partial charge is 0.305 e. The van der Waals surface area contributed by atoms with Crippen LogP contribution < -0.4 is 0 Å². The van der Waals surface area contributed by atoms with Gasteiger partial charge in [-0.2, -0.15) is 0 Å². The fraction of sp³-hybridized carbons (Fsp3) is 0.706. The summed E-state index contributed by atoms with van der Waals surface area (Å²) in [7, 11) is 0. The molecular formula is C17H30O2. The Bertz CT molecular complexity index is 244. The van der Waals surface area contributed by atoms with E-state index in [0.717, 1.165) is 19.3 Å². The fourth-order valence-electron chi connectivity index (χ4n) is 1.84. The Morgan fingerprint density at radius 1 is 0.947 bits per heavy atom. The monoisotopic (exact) mass is 266 g/mol. The number of ether oxygens (including phenoxy) is 1. The molecule has 110 valence electrons. The quantitative estimate of drug-likeness (QED) is 0.260. The Hall–Kier alpha value is -1.05. The van der Waals surface area contributed by atoms with Crippen molar-refractivity contribution in [2.24, 2.45) is 0 Å². The SMILES string of the molecule is C=CCCCCCCCCC=CCCOC(=O)CC. The van der Waals surface area contributed by atoms with Crippen molar-refractivity contribution in [1.29, 1.82) is 0 Å². The van der Waals surface area contributed by atoms with Gasteiger partial charge in [0.15, 0.2) is 0 Å². The summed E-state index contributed by atoms with van der Waals surface area (Å²) in [5.74, 6) is -0.107. The number of esters is 1. The Kier molecular flexibility index (Phi) is 14.2. The number of rotatable bonds is 13. The standard InChI is InChI=1S/C17H30O2/c1-3-5-6-7-8-9-10-11-12-13-14-15-16-19-17(18)4-2/h3,13-14H,1,4-12,15-16H2,2H3. The lowest BCUT2D eigenvalue weighted by molar-refractivity contribution is -0.143. The van der Waals surface area contributed by atoms with Gasteiger partial charge in [-0.25, -0.2) is 0 Å². The fourth-order valence-corrected chi connectivity index (χ4v) is 1.84. The molecule has 0 fully saturated rings. The summed E-state index contributed by atoms with van der Waals surface area (Å²) in [4.78, 5) is 10.9. The Morgan fingerprint density at radius 2 is 1.53 bits per heavy atom. The summed E-state index contributed by atoms with van der Waals surface area (Å²) in [5.41, 5.74) is 0. The average Bonchev–Trinajstić information content (AvgIpc) is 2.43. The van der Waals surface area contributed by atoms with E-state index in [0.29, 0.717) is 13.0 Å². The van der Waals surface area contributed by atoms with Gasteiger partial charge in [-0.1, -0.05) is 50.8 Å². The first-order valence-electron chi connectivity index (χ1n) is 7.72. The highest BCUT2D eigenvalue weighted by Crippen LogP contribution is 2.09. The summed E-state index contributed by atoms with van der Waals surface area (Å²) in [5, 5.41) is 0. The molecule has 0 aliphatic rings. The van der Waals surface area contributed by atoms with Crippen molar-refractivity contribution in [2.75, 3.05) is 6.61 Å². The molecule has 0 spiro atoms.